The van der Waals surface area contributed by atoms with E-state index in [2.05, 4.69) is 20.7 Å². The Labute approximate surface area is 174 Å². The minimum Gasteiger partial charge on any atom is -0.382 e. The van der Waals surface area contributed by atoms with Crippen molar-refractivity contribution >= 4 is 34.1 Å². The summed E-state index contributed by atoms with van der Waals surface area (Å²) in [6.45, 7) is 0. The molecule has 0 saturated heterocycles. The first kappa shape index (κ1) is 20.2. The Hall–Kier alpha value is -4.08. The Morgan fingerprint density at radius 2 is 1.74 bits per heavy atom. The second-order valence-electron chi connectivity index (χ2n) is 6.82. The summed E-state index contributed by atoms with van der Waals surface area (Å²) in [5.41, 5.74) is 8.00. The van der Waals surface area contributed by atoms with E-state index in [1.54, 1.807) is 48.4 Å². The Bertz CT molecular complexity index is 1260. The lowest BCUT2D eigenvalue weighted by Crippen LogP contribution is -2.19. The molecule has 158 valence electrons. The first-order chi connectivity index (χ1) is 14.7. The molecule has 2 aromatic carbocycles. The van der Waals surface area contributed by atoms with Crippen molar-refractivity contribution in [2.45, 2.75) is 6.18 Å². The number of alkyl halides is 3. The summed E-state index contributed by atoms with van der Waals surface area (Å²) in [6.07, 6.45) is -1.12. The highest BCUT2D eigenvalue weighted by Gasteiger charge is 2.30. The zero-order chi connectivity index (χ0) is 22.2. The van der Waals surface area contributed by atoms with E-state index >= 15 is 0 Å². The van der Waals surface area contributed by atoms with Crippen molar-refractivity contribution in [1.29, 1.82) is 0 Å². The number of amides is 2. The molecule has 2 heterocycles. The molecule has 0 unspecified atom stereocenters. The molecule has 7 nitrogen and oxygen atoms in total. The number of halogens is 3. The number of nitrogens with zero attached hydrogens (tertiary/aromatic N) is 3. The number of hydrogen-bond donors (Lipinski definition) is 3. The maximum Gasteiger partial charge on any atom is 0.416 e. The molecule has 0 radical (unpaired) electrons. The van der Waals surface area contributed by atoms with Crippen LogP contribution in [0.4, 0.5) is 35.2 Å². The van der Waals surface area contributed by atoms with Gasteiger partial charge in [-0.2, -0.15) is 18.3 Å². The normalized spacial score (nSPS) is 11.5. The van der Waals surface area contributed by atoms with Crippen LogP contribution >= 0.6 is 0 Å². The largest absolute Gasteiger partial charge is 0.416 e. The van der Waals surface area contributed by atoms with Crippen LogP contribution in [-0.4, -0.2) is 20.8 Å². The van der Waals surface area contributed by atoms with Crippen LogP contribution in [0.3, 0.4) is 0 Å². The standard InChI is InChI=1S/C21H17F3N6O/c1-30-18-17(11-27-30)16(10-26-19(18)25)12-5-7-14(8-6-12)28-20(31)29-15-4-2-3-13(9-15)21(22,23)24/h2-11H,1H3,(H2,25,26)(H2,28,29,31). The van der Waals surface area contributed by atoms with Gasteiger partial charge in [0.2, 0.25) is 0 Å². The van der Waals surface area contributed by atoms with Crippen LogP contribution in [0.5, 0.6) is 0 Å². The van der Waals surface area contributed by atoms with E-state index in [-0.39, 0.29) is 5.69 Å². The molecule has 0 bridgehead atoms. The molecule has 0 aliphatic rings. The number of anilines is 3. The van der Waals surface area contributed by atoms with E-state index in [1.165, 1.54) is 12.1 Å². The van der Waals surface area contributed by atoms with Crippen LogP contribution < -0.4 is 16.4 Å². The number of pyridine rings is 1. The number of nitrogens with one attached hydrogen (secondary N) is 2. The molecule has 0 fully saturated rings. The number of aryl methyl sites for hydroxylation is 1. The minimum absolute atomic E-state index is 0.0378. The Kier molecular flexibility index (Phi) is 4.97. The zero-order valence-corrected chi connectivity index (χ0v) is 16.2. The van der Waals surface area contributed by atoms with Gasteiger partial charge in [0.1, 0.15) is 11.3 Å². The van der Waals surface area contributed by atoms with Gasteiger partial charge >= 0.3 is 12.2 Å². The number of carbonyl (C=O) groups excluding carboxylic acids is 1. The van der Waals surface area contributed by atoms with Crippen molar-refractivity contribution in [2.75, 3.05) is 16.4 Å². The number of nitrogens with two attached hydrogens (primary N) is 1. The molecule has 4 N–H and O–H groups in total. The maximum absolute atomic E-state index is 12.8. The molecule has 0 saturated carbocycles. The number of fused-ring (bicyclic) bond motifs is 1. The van der Waals surface area contributed by atoms with E-state index in [9.17, 15) is 18.0 Å². The average molecular weight is 426 g/mol. The number of carbonyl (C=O) groups is 1. The summed E-state index contributed by atoms with van der Waals surface area (Å²) in [5, 5.41) is 10.1. The molecule has 4 rings (SSSR count). The first-order valence-electron chi connectivity index (χ1n) is 9.14. The summed E-state index contributed by atoms with van der Waals surface area (Å²) >= 11 is 0. The Balaban J connectivity index is 1.50. The minimum atomic E-state index is -4.49. The van der Waals surface area contributed by atoms with Crippen LogP contribution in [0.2, 0.25) is 0 Å². The lowest BCUT2D eigenvalue weighted by Gasteiger charge is -2.11. The molecule has 0 aliphatic heterocycles. The van der Waals surface area contributed by atoms with Crippen molar-refractivity contribution in [1.82, 2.24) is 14.8 Å². The third-order valence-electron chi connectivity index (χ3n) is 4.71. The smallest absolute Gasteiger partial charge is 0.382 e. The second kappa shape index (κ2) is 7.63. The Morgan fingerprint density at radius 3 is 2.45 bits per heavy atom. The summed E-state index contributed by atoms with van der Waals surface area (Å²) in [4.78, 5) is 16.4. The van der Waals surface area contributed by atoms with Gasteiger partial charge in [-0.1, -0.05) is 18.2 Å². The van der Waals surface area contributed by atoms with Gasteiger partial charge in [0.15, 0.2) is 0 Å². The van der Waals surface area contributed by atoms with E-state index in [0.29, 0.717) is 11.5 Å². The van der Waals surface area contributed by atoms with Crippen LogP contribution in [0, 0.1) is 0 Å². The summed E-state index contributed by atoms with van der Waals surface area (Å²) in [5.74, 6) is 0.378. The van der Waals surface area contributed by atoms with Crippen LogP contribution in [0.15, 0.2) is 60.9 Å². The topological polar surface area (TPSA) is 97.9 Å². The van der Waals surface area contributed by atoms with Gasteiger partial charge in [0.05, 0.1) is 11.8 Å². The van der Waals surface area contributed by atoms with Crippen LogP contribution in [0.25, 0.3) is 22.0 Å². The predicted molar refractivity (Wildman–Crippen MR) is 112 cm³/mol. The predicted octanol–water partition coefficient (Wildman–Crippen LogP) is 4.88. The highest BCUT2D eigenvalue weighted by molar-refractivity contribution is 6.01. The fourth-order valence-corrected chi connectivity index (χ4v) is 3.23. The SMILES string of the molecule is Cn1ncc2c(-c3ccc(NC(=O)Nc4cccc(C(F)(F)F)c4)cc3)cnc(N)c21. The lowest BCUT2D eigenvalue weighted by molar-refractivity contribution is -0.137. The molecule has 4 aromatic rings. The van der Waals surface area contributed by atoms with Crippen LogP contribution in [-0.2, 0) is 13.2 Å². The van der Waals surface area contributed by atoms with E-state index in [1.807, 2.05) is 0 Å². The number of hydrogen-bond acceptors (Lipinski definition) is 4. The van der Waals surface area contributed by atoms with Gasteiger partial charge in [-0.15, -0.1) is 0 Å². The third-order valence-corrected chi connectivity index (χ3v) is 4.71. The fourth-order valence-electron chi connectivity index (χ4n) is 3.23. The van der Waals surface area contributed by atoms with Gasteiger partial charge in [0, 0.05) is 35.6 Å². The van der Waals surface area contributed by atoms with E-state index in [0.717, 1.165) is 34.2 Å². The summed E-state index contributed by atoms with van der Waals surface area (Å²) in [7, 11) is 1.78. The quantitative estimate of drug-likeness (QED) is 0.435. The average Bonchev–Trinajstić information content (AvgIpc) is 3.11. The number of benzene rings is 2. The van der Waals surface area contributed by atoms with Crippen molar-refractivity contribution in [3.8, 4) is 11.1 Å². The van der Waals surface area contributed by atoms with Crippen molar-refractivity contribution in [2.24, 2.45) is 7.05 Å². The number of aromatic nitrogens is 3. The molecule has 0 spiro atoms. The maximum atomic E-state index is 12.8. The first-order valence-corrected chi connectivity index (χ1v) is 9.14. The lowest BCUT2D eigenvalue weighted by atomic mass is 10.0. The highest BCUT2D eigenvalue weighted by atomic mass is 19.4. The molecule has 2 amide bonds. The highest BCUT2D eigenvalue weighted by Crippen LogP contribution is 2.32. The van der Waals surface area contributed by atoms with Crippen molar-refractivity contribution < 1.29 is 18.0 Å². The second-order valence-corrected chi connectivity index (χ2v) is 6.82. The molecule has 2 aromatic heterocycles. The van der Waals surface area contributed by atoms with Crippen molar-refractivity contribution in [3.63, 3.8) is 0 Å². The van der Waals surface area contributed by atoms with Gasteiger partial charge in [-0.05, 0) is 35.9 Å². The summed E-state index contributed by atoms with van der Waals surface area (Å²) < 4.78 is 40.1. The molecule has 0 aliphatic carbocycles. The van der Waals surface area contributed by atoms with Gasteiger partial charge < -0.3 is 16.4 Å². The number of nitrogen functional groups attached to an aromatic ring is 1. The fraction of sp³-hybridized carbons (Fsp3) is 0.0952. The van der Waals surface area contributed by atoms with Crippen LogP contribution in [0.1, 0.15) is 5.56 Å². The van der Waals surface area contributed by atoms with Gasteiger partial charge in [-0.25, -0.2) is 9.78 Å². The molecular weight excluding hydrogens is 409 g/mol. The van der Waals surface area contributed by atoms with Gasteiger partial charge in [0.25, 0.3) is 0 Å². The molecular formula is C21H17F3N6O. The third kappa shape index (κ3) is 4.13. The monoisotopic (exact) mass is 426 g/mol. The van der Waals surface area contributed by atoms with E-state index < -0.39 is 17.8 Å². The molecule has 31 heavy (non-hydrogen) atoms. The molecule has 0 atom stereocenters. The van der Waals surface area contributed by atoms with E-state index in [4.69, 9.17) is 5.73 Å². The number of urea groups is 1. The van der Waals surface area contributed by atoms with Gasteiger partial charge in [-0.3, -0.25) is 4.68 Å². The number of rotatable bonds is 3. The summed E-state index contributed by atoms with van der Waals surface area (Å²) in [6, 6.07) is 10.7. The molecule has 10 heteroatoms. The zero-order valence-electron chi connectivity index (χ0n) is 16.2. The van der Waals surface area contributed by atoms with Crippen molar-refractivity contribution in [3.05, 3.63) is 66.5 Å². The Morgan fingerprint density at radius 1 is 1.03 bits per heavy atom.